The van der Waals surface area contributed by atoms with Gasteiger partial charge in [-0.15, -0.1) is 15.3 Å². The van der Waals surface area contributed by atoms with Crippen molar-refractivity contribution in [3.05, 3.63) is 41.7 Å². The summed E-state index contributed by atoms with van der Waals surface area (Å²) >= 11 is 0. The topological polar surface area (TPSA) is 85.1 Å². The Morgan fingerprint density at radius 2 is 1.79 bits per heavy atom. The van der Waals surface area contributed by atoms with Crippen LogP contribution in [0.15, 0.2) is 30.3 Å². The Labute approximate surface area is 166 Å². The standard InChI is InChI=1S/C20H20N6O3/c27-20(14-3-4-15-16(11-14)29-12-28-15)25-9-7-24(8-10-25)18-6-5-17-21-22-19(13-1-2-13)26(17)23-18/h3-6,11,13H,1-2,7-10,12H2. The molecule has 0 unspecified atom stereocenters. The number of aromatic nitrogens is 4. The minimum atomic E-state index is 0.0150. The number of hydrogen-bond acceptors (Lipinski definition) is 7. The van der Waals surface area contributed by atoms with Gasteiger partial charge in [-0.3, -0.25) is 4.79 Å². The molecule has 0 N–H and O–H groups in total. The normalized spacial score (nSPS) is 18.5. The first-order valence-electron chi connectivity index (χ1n) is 9.92. The Morgan fingerprint density at radius 1 is 0.966 bits per heavy atom. The predicted molar refractivity (Wildman–Crippen MR) is 103 cm³/mol. The molecule has 148 valence electrons. The van der Waals surface area contributed by atoms with E-state index in [-0.39, 0.29) is 12.7 Å². The first-order chi connectivity index (χ1) is 14.3. The number of piperazine rings is 1. The van der Waals surface area contributed by atoms with Crippen LogP contribution in [0, 0.1) is 0 Å². The van der Waals surface area contributed by atoms with E-state index in [1.54, 1.807) is 18.2 Å². The number of carbonyl (C=O) groups excluding carboxylic acids is 1. The van der Waals surface area contributed by atoms with Crippen LogP contribution in [0.25, 0.3) is 5.65 Å². The Hall–Kier alpha value is -3.36. The second-order valence-corrected chi connectivity index (χ2v) is 7.64. The highest BCUT2D eigenvalue weighted by molar-refractivity contribution is 5.95. The summed E-state index contributed by atoms with van der Waals surface area (Å²) in [4.78, 5) is 17.0. The van der Waals surface area contributed by atoms with Gasteiger partial charge in [0, 0.05) is 37.7 Å². The number of hydrogen-bond donors (Lipinski definition) is 0. The molecule has 2 aromatic heterocycles. The maximum atomic E-state index is 12.9. The van der Waals surface area contributed by atoms with Crippen molar-refractivity contribution < 1.29 is 14.3 Å². The zero-order valence-corrected chi connectivity index (χ0v) is 15.8. The lowest BCUT2D eigenvalue weighted by Crippen LogP contribution is -2.49. The summed E-state index contributed by atoms with van der Waals surface area (Å²) in [6, 6.07) is 9.30. The van der Waals surface area contributed by atoms with Crippen LogP contribution in [0.2, 0.25) is 0 Å². The number of rotatable bonds is 3. The van der Waals surface area contributed by atoms with E-state index in [0.717, 1.165) is 43.2 Å². The van der Waals surface area contributed by atoms with Gasteiger partial charge >= 0.3 is 0 Å². The molecule has 1 saturated heterocycles. The Kier molecular flexibility index (Phi) is 3.62. The van der Waals surface area contributed by atoms with Crippen LogP contribution in [-0.2, 0) is 0 Å². The van der Waals surface area contributed by atoms with Crippen molar-refractivity contribution in [3.8, 4) is 11.5 Å². The van der Waals surface area contributed by atoms with Crippen molar-refractivity contribution in [1.29, 1.82) is 0 Å². The maximum Gasteiger partial charge on any atom is 0.254 e. The van der Waals surface area contributed by atoms with Gasteiger partial charge in [-0.2, -0.15) is 4.52 Å². The second kappa shape index (κ2) is 6.33. The Balaban J connectivity index is 1.17. The average Bonchev–Trinajstić information content (AvgIpc) is 3.35. The molecule has 2 aliphatic heterocycles. The molecule has 29 heavy (non-hydrogen) atoms. The van der Waals surface area contributed by atoms with Gasteiger partial charge in [-0.05, 0) is 43.2 Å². The van der Waals surface area contributed by atoms with Gasteiger partial charge in [0.1, 0.15) is 5.82 Å². The van der Waals surface area contributed by atoms with Crippen molar-refractivity contribution in [2.75, 3.05) is 37.9 Å². The molecule has 6 rings (SSSR count). The highest BCUT2D eigenvalue weighted by Gasteiger charge is 2.30. The number of nitrogens with zero attached hydrogens (tertiary/aromatic N) is 6. The number of benzene rings is 1. The van der Waals surface area contributed by atoms with Crippen LogP contribution in [-0.4, -0.2) is 63.6 Å². The number of fused-ring (bicyclic) bond motifs is 2. The molecule has 0 radical (unpaired) electrons. The van der Waals surface area contributed by atoms with Crippen LogP contribution in [0.3, 0.4) is 0 Å². The lowest BCUT2D eigenvalue weighted by molar-refractivity contribution is 0.0746. The zero-order chi connectivity index (χ0) is 19.4. The van der Waals surface area contributed by atoms with Crippen molar-refractivity contribution in [3.63, 3.8) is 0 Å². The van der Waals surface area contributed by atoms with Gasteiger partial charge in [0.2, 0.25) is 6.79 Å². The third kappa shape index (κ3) is 2.84. The summed E-state index contributed by atoms with van der Waals surface area (Å²) in [6.07, 6.45) is 2.32. The van der Waals surface area contributed by atoms with Crippen LogP contribution in [0.5, 0.6) is 11.5 Å². The molecule has 1 saturated carbocycles. The van der Waals surface area contributed by atoms with Crippen molar-refractivity contribution in [2.24, 2.45) is 0 Å². The fraction of sp³-hybridized carbons (Fsp3) is 0.400. The van der Waals surface area contributed by atoms with Gasteiger partial charge in [0.15, 0.2) is 23.0 Å². The second-order valence-electron chi connectivity index (χ2n) is 7.64. The molecule has 0 bridgehead atoms. The summed E-state index contributed by atoms with van der Waals surface area (Å²) < 4.78 is 12.6. The lowest BCUT2D eigenvalue weighted by Gasteiger charge is -2.35. The van der Waals surface area contributed by atoms with Crippen LogP contribution < -0.4 is 14.4 Å². The first kappa shape index (κ1) is 16.6. The van der Waals surface area contributed by atoms with Crippen molar-refractivity contribution in [1.82, 2.24) is 24.7 Å². The van der Waals surface area contributed by atoms with Crippen LogP contribution >= 0.6 is 0 Å². The fourth-order valence-corrected chi connectivity index (χ4v) is 3.91. The molecule has 0 spiro atoms. The van der Waals surface area contributed by atoms with E-state index >= 15 is 0 Å². The largest absolute Gasteiger partial charge is 0.454 e. The average molecular weight is 392 g/mol. The first-order valence-corrected chi connectivity index (χ1v) is 9.92. The molecule has 1 amide bonds. The molecule has 3 aliphatic rings. The third-order valence-electron chi connectivity index (χ3n) is 5.73. The summed E-state index contributed by atoms with van der Waals surface area (Å²) in [5.41, 5.74) is 1.41. The summed E-state index contributed by atoms with van der Waals surface area (Å²) in [7, 11) is 0. The molecule has 4 heterocycles. The third-order valence-corrected chi connectivity index (χ3v) is 5.73. The van der Waals surface area contributed by atoms with Gasteiger partial charge in [0.05, 0.1) is 0 Å². The van der Waals surface area contributed by atoms with E-state index in [2.05, 4.69) is 15.1 Å². The van der Waals surface area contributed by atoms with Crippen molar-refractivity contribution >= 4 is 17.4 Å². The van der Waals surface area contributed by atoms with E-state index in [1.165, 1.54) is 0 Å². The van der Waals surface area contributed by atoms with E-state index in [4.69, 9.17) is 14.6 Å². The molecule has 3 aromatic rings. The van der Waals surface area contributed by atoms with Gasteiger partial charge < -0.3 is 19.3 Å². The summed E-state index contributed by atoms with van der Waals surface area (Å²) in [5, 5.41) is 13.3. The number of amides is 1. The molecule has 2 fully saturated rings. The fourth-order valence-electron chi connectivity index (χ4n) is 3.91. The molecule has 9 heteroatoms. The summed E-state index contributed by atoms with van der Waals surface area (Å²) in [6.45, 7) is 2.96. The highest BCUT2D eigenvalue weighted by Crippen LogP contribution is 2.38. The van der Waals surface area contributed by atoms with E-state index in [9.17, 15) is 4.79 Å². The summed E-state index contributed by atoms with van der Waals surface area (Å²) in [5.74, 6) is 3.68. The minimum absolute atomic E-state index is 0.0150. The minimum Gasteiger partial charge on any atom is -0.454 e. The maximum absolute atomic E-state index is 12.9. The predicted octanol–water partition coefficient (Wildman–Crippen LogP) is 1.69. The lowest BCUT2D eigenvalue weighted by atomic mass is 10.1. The van der Waals surface area contributed by atoms with Crippen LogP contribution in [0.4, 0.5) is 5.82 Å². The molecular formula is C20H20N6O3. The number of anilines is 1. The zero-order valence-electron chi connectivity index (χ0n) is 15.8. The Morgan fingerprint density at radius 3 is 2.62 bits per heavy atom. The highest BCUT2D eigenvalue weighted by atomic mass is 16.7. The van der Waals surface area contributed by atoms with E-state index in [1.807, 2.05) is 21.5 Å². The molecule has 1 aliphatic carbocycles. The van der Waals surface area contributed by atoms with E-state index in [0.29, 0.717) is 36.1 Å². The van der Waals surface area contributed by atoms with Gasteiger partial charge in [0.25, 0.3) is 5.91 Å². The SMILES string of the molecule is O=C(c1ccc2c(c1)OCO2)N1CCN(c2ccc3nnc(C4CC4)n3n2)CC1. The smallest absolute Gasteiger partial charge is 0.254 e. The van der Waals surface area contributed by atoms with E-state index < -0.39 is 0 Å². The Bertz CT molecular complexity index is 1100. The molecule has 0 atom stereocenters. The van der Waals surface area contributed by atoms with Gasteiger partial charge in [-0.25, -0.2) is 0 Å². The quantitative estimate of drug-likeness (QED) is 0.671. The molecular weight excluding hydrogens is 372 g/mol. The monoisotopic (exact) mass is 392 g/mol. The molecule has 9 nitrogen and oxygen atoms in total. The van der Waals surface area contributed by atoms with Crippen molar-refractivity contribution in [2.45, 2.75) is 18.8 Å². The number of carbonyl (C=O) groups is 1. The van der Waals surface area contributed by atoms with Gasteiger partial charge in [-0.1, -0.05) is 0 Å². The van der Waals surface area contributed by atoms with Crippen LogP contribution in [0.1, 0.15) is 34.9 Å². The number of ether oxygens (including phenoxy) is 2. The molecule has 1 aromatic carbocycles.